The van der Waals surface area contributed by atoms with Gasteiger partial charge in [-0.25, -0.2) is 8.78 Å². The predicted molar refractivity (Wildman–Crippen MR) is 72.2 cm³/mol. The molecule has 6 heteroatoms. The summed E-state index contributed by atoms with van der Waals surface area (Å²) in [4.78, 5) is 12.2. The Labute approximate surface area is 118 Å². The Bertz CT molecular complexity index is 689. The summed E-state index contributed by atoms with van der Waals surface area (Å²) in [6.45, 7) is 0. The molecular weight excluding hydrogens is 288 g/mol. The lowest BCUT2D eigenvalue weighted by molar-refractivity contribution is 0.103. The van der Waals surface area contributed by atoms with Gasteiger partial charge in [-0.3, -0.25) is 4.79 Å². The van der Waals surface area contributed by atoms with Crippen molar-refractivity contribution >= 4 is 23.1 Å². The molecule has 0 saturated carbocycles. The number of nitrogens with two attached hydrogens (primary N) is 1. The fourth-order valence-electron chi connectivity index (χ4n) is 1.73. The van der Waals surface area contributed by atoms with Gasteiger partial charge in [0.2, 0.25) is 0 Å². The summed E-state index contributed by atoms with van der Waals surface area (Å²) < 4.78 is 32.0. The quantitative estimate of drug-likeness (QED) is 0.697. The van der Waals surface area contributed by atoms with Gasteiger partial charge in [-0.05, 0) is 30.3 Å². The molecule has 2 aromatic carbocycles. The fraction of sp³-hybridized carbons (Fsp3) is 0.0714. The average molecular weight is 298 g/mol. The molecule has 0 amide bonds. The minimum atomic E-state index is -0.969. The molecule has 0 saturated heterocycles. The number of hydrogen-bond donors (Lipinski definition) is 1. The van der Waals surface area contributed by atoms with E-state index >= 15 is 0 Å². The first-order valence-corrected chi connectivity index (χ1v) is 5.94. The largest absolute Gasteiger partial charge is 0.497 e. The number of nitrogen functional groups attached to an aromatic ring is 1. The lowest BCUT2D eigenvalue weighted by atomic mass is 10.0. The van der Waals surface area contributed by atoms with Crippen LogP contribution in [0, 0.1) is 11.6 Å². The summed E-state index contributed by atoms with van der Waals surface area (Å²) in [6.07, 6.45) is 0. The van der Waals surface area contributed by atoms with Gasteiger partial charge in [-0.1, -0.05) is 11.6 Å². The van der Waals surface area contributed by atoms with Gasteiger partial charge < -0.3 is 10.5 Å². The number of rotatable bonds is 3. The predicted octanol–water partition coefficient (Wildman–Crippen LogP) is 3.44. The van der Waals surface area contributed by atoms with Crippen molar-refractivity contribution in [2.45, 2.75) is 0 Å². The van der Waals surface area contributed by atoms with Crippen LogP contribution in [0.5, 0.6) is 5.75 Å². The fourth-order valence-corrected chi connectivity index (χ4v) is 1.98. The molecule has 0 aliphatic heterocycles. The molecule has 0 atom stereocenters. The molecule has 0 spiro atoms. The maximum atomic E-state index is 13.8. The monoisotopic (exact) mass is 297 g/mol. The summed E-state index contributed by atoms with van der Waals surface area (Å²) >= 11 is 5.94. The highest BCUT2D eigenvalue weighted by molar-refractivity contribution is 6.35. The summed E-state index contributed by atoms with van der Waals surface area (Å²) in [7, 11) is 1.44. The lowest BCUT2D eigenvalue weighted by Gasteiger charge is -2.08. The second-order valence-corrected chi connectivity index (χ2v) is 4.44. The van der Waals surface area contributed by atoms with Crippen molar-refractivity contribution in [3.8, 4) is 5.75 Å². The van der Waals surface area contributed by atoms with Crippen LogP contribution >= 0.6 is 11.6 Å². The highest BCUT2D eigenvalue weighted by Crippen LogP contribution is 2.27. The number of halogens is 3. The molecule has 0 radical (unpaired) electrons. The van der Waals surface area contributed by atoms with Crippen LogP contribution < -0.4 is 10.5 Å². The topological polar surface area (TPSA) is 52.3 Å². The number of carbonyl (C=O) groups excluding carboxylic acids is 1. The minimum Gasteiger partial charge on any atom is -0.497 e. The van der Waals surface area contributed by atoms with Gasteiger partial charge in [0.15, 0.2) is 11.6 Å². The van der Waals surface area contributed by atoms with E-state index in [4.69, 9.17) is 22.1 Å². The van der Waals surface area contributed by atoms with Gasteiger partial charge in [0.05, 0.1) is 23.4 Å². The Morgan fingerprint density at radius 3 is 2.50 bits per heavy atom. The van der Waals surface area contributed by atoms with Crippen LogP contribution in [-0.2, 0) is 0 Å². The van der Waals surface area contributed by atoms with Gasteiger partial charge >= 0.3 is 0 Å². The smallest absolute Gasteiger partial charge is 0.197 e. The first-order valence-electron chi connectivity index (χ1n) is 5.56. The van der Waals surface area contributed by atoms with E-state index < -0.39 is 28.7 Å². The van der Waals surface area contributed by atoms with E-state index in [-0.39, 0.29) is 10.6 Å². The number of ether oxygens (including phenoxy) is 1. The molecule has 104 valence electrons. The number of benzene rings is 2. The standard InChI is InChI=1S/C14H10ClF2NO2/c1-20-8-2-3-9(11(15)6-8)14(19)10-4-7(16)5-12(18)13(10)17/h2-6H,18H2,1H3. The first-order chi connectivity index (χ1) is 9.43. The molecule has 0 heterocycles. The Hall–Kier alpha value is -2.14. The van der Waals surface area contributed by atoms with Crippen molar-refractivity contribution in [2.75, 3.05) is 12.8 Å². The van der Waals surface area contributed by atoms with Crippen LogP contribution in [0.15, 0.2) is 30.3 Å². The van der Waals surface area contributed by atoms with Gasteiger partial charge in [0.25, 0.3) is 0 Å². The molecule has 0 aliphatic carbocycles. The van der Waals surface area contributed by atoms with Crippen molar-refractivity contribution in [2.24, 2.45) is 0 Å². The van der Waals surface area contributed by atoms with E-state index in [1.54, 1.807) is 0 Å². The molecule has 0 aliphatic rings. The second kappa shape index (κ2) is 5.46. The third kappa shape index (κ3) is 2.58. The van der Waals surface area contributed by atoms with Crippen LogP contribution in [0.4, 0.5) is 14.5 Å². The van der Waals surface area contributed by atoms with Gasteiger partial charge in [0, 0.05) is 5.56 Å². The zero-order valence-corrected chi connectivity index (χ0v) is 11.2. The molecule has 2 aromatic rings. The molecule has 2 rings (SSSR count). The van der Waals surface area contributed by atoms with Gasteiger partial charge in [-0.2, -0.15) is 0 Å². The first kappa shape index (κ1) is 14.3. The van der Waals surface area contributed by atoms with E-state index in [0.717, 1.165) is 12.1 Å². The summed E-state index contributed by atoms with van der Waals surface area (Å²) in [5.41, 5.74) is 4.44. The van der Waals surface area contributed by atoms with Crippen LogP contribution in [0.3, 0.4) is 0 Å². The van der Waals surface area contributed by atoms with Gasteiger partial charge in [0.1, 0.15) is 11.6 Å². The van der Waals surface area contributed by atoms with E-state index in [2.05, 4.69) is 0 Å². The van der Waals surface area contributed by atoms with Crippen LogP contribution in [-0.4, -0.2) is 12.9 Å². The zero-order chi connectivity index (χ0) is 14.9. The SMILES string of the molecule is COc1ccc(C(=O)c2cc(F)cc(N)c2F)c(Cl)c1. The van der Waals surface area contributed by atoms with E-state index in [9.17, 15) is 13.6 Å². The number of carbonyl (C=O) groups is 1. The van der Waals surface area contributed by atoms with E-state index in [0.29, 0.717) is 5.75 Å². The van der Waals surface area contributed by atoms with Crippen molar-refractivity contribution < 1.29 is 18.3 Å². The van der Waals surface area contributed by atoms with Gasteiger partial charge in [-0.15, -0.1) is 0 Å². The summed E-state index contributed by atoms with van der Waals surface area (Å²) in [6, 6.07) is 5.88. The molecule has 0 aromatic heterocycles. The summed E-state index contributed by atoms with van der Waals surface area (Å²) in [5, 5.41) is 0.0802. The normalized spacial score (nSPS) is 10.4. The van der Waals surface area contributed by atoms with Crippen LogP contribution in [0.1, 0.15) is 15.9 Å². The van der Waals surface area contributed by atoms with E-state index in [1.807, 2.05) is 0 Å². The molecule has 3 nitrogen and oxygen atoms in total. The Morgan fingerprint density at radius 2 is 1.90 bits per heavy atom. The van der Waals surface area contributed by atoms with E-state index in [1.165, 1.54) is 25.3 Å². The minimum absolute atomic E-state index is 0.0383. The third-order valence-corrected chi connectivity index (χ3v) is 3.04. The van der Waals surface area contributed by atoms with Crippen molar-refractivity contribution in [1.82, 2.24) is 0 Å². The van der Waals surface area contributed by atoms with Crippen LogP contribution in [0.2, 0.25) is 5.02 Å². The Balaban J connectivity index is 2.52. The molecular formula is C14H10ClF2NO2. The molecule has 20 heavy (non-hydrogen) atoms. The second-order valence-electron chi connectivity index (χ2n) is 4.03. The molecule has 2 N–H and O–H groups in total. The highest BCUT2D eigenvalue weighted by atomic mass is 35.5. The average Bonchev–Trinajstić information content (AvgIpc) is 2.41. The molecule has 0 bridgehead atoms. The lowest BCUT2D eigenvalue weighted by Crippen LogP contribution is -2.08. The number of hydrogen-bond acceptors (Lipinski definition) is 3. The number of anilines is 1. The zero-order valence-electron chi connectivity index (χ0n) is 10.4. The number of ketones is 1. The van der Waals surface area contributed by atoms with Crippen molar-refractivity contribution in [3.63, 3.8) is 0 Å². The van der Waals surface area contributed by atoms with Crippen molar-refractivity contribution in [3.05, 3.63) is 58.1 Å². The summed E-state index contributed by atoms with van der Waals surface area (Å²) in [5.74, 6) is -2.06. The maximum Gasteiger partial charge on any atom is 0.197 e. The Kier molecular flexibility index (Phi) is 3.90. The Morgan fingerprint density at radius 1 is 1.20 bits per heavy atom. The maximum absolute atomic E-state index is 13.8. The third-order valence-electron chi connectivity index (χ3n) is 2.73. The number of methoxy groups -OCH3 is 1. The highest BCUT2D eigenvalue weighted by Gasteiger charge is 2.20. The van der Waals surface area contributed by atoms with Crippen molar-refractivity contribution in [1.29, 1.82) is 0 Å². The van der Waals surface area contributed by atoms with Crippen LogP contribution in [0.25, 0.3) is 0 Å². The molecule has 0 fully saturated rings. The molecule has 0 unspecified atom stereocenters.